The Balaban J connectivity index is 2.22. The average Bonchev–Trinajstić information content (AvgIpc) is 2.33. The molecule has 17 heavy (non-hydrogen) atoms. The van der Waals surface area contributed by atoms with Crippen LogP contribution in [0.4, 0.5) is 0 Å². The second-order valence-corrected chi connectivity index (χ2v) is 5.45. The number of aryl methyl sites for hydroxylation is 2. The Labute approximate surface area is 108 Å². The van der Waals surface area contributed by atoms with E-state index >= 15 is 0 Å². The third-order valence-corrected chi connectivity index (χ3v) is 4.12. The number of phenols is 1. The SMILES string of the molecule is Cc1cc(C)c(CC2CCCNC2)c(O)c1Cl. The Morgan fingerprint density at radius 2 is 2.18 bits per heavy atom. The molecular weight excluding hydrogens is 234 g/mol. The minimum atomic E-state index is 0.287. The average molecular weight is 254 g/mol. The summed E-state index contributed by atoms with van der Waals surface area (Å²) in [7, 11) is 0. The maximum Gasteiger partial charge on any atom is 0.137 e. The number of hydrogen-bond donors (Lipinski definition) is 2. The first-order chi connectivity index (χ1) is 8.09. The van der Waals surface area contributed by atoms with Crippen molar-refractivity contribution in [2.75, 3.05) is 13.1 Å². The third-order valence-electron chi connectivity index (χ3n) is 3.64. The highest BCUT2D eigenvalue weighted by atomic mass is 35.5. The summed E-state index contributed by atoms with van der Waals surface area (Å²) in [6, 6.07) is 2.06. The van der Waals surface area contributed by atoms with E-state index in [2.05, 4.69) is 18.3 Å². The largest absolute Gasteiger partial charge is 0.506 e. The van der Waals surface area contributed by atoms with Crippen molar-refractivity contribution >= 4 is 11.6 Å². The molecule has 0 amide bonds. The Hall–Kier alpha value is -0.730. The van der Waals surface area contributed by atoms with Crippen molar-refractivity contribution in [1.29, 1.82) is 0 Å². The molecule has 3 heteroatoms. The van der Waals surface area contributed by atoms with Crippen molar-refractivity contribution in [1.82, 2.24) is 5.32 Å². The lowest BCUT2D eigenvalue weighted by molar-refractivity contribution is 0.369. The lowest BCUT2D eigenvalue weighted by Gasteiger charge is -2.24. The van der Waals surface area contributed by atoms with Gasteiger partial charge in [0.15, 0.2) is 0 Å². The zero-order valence-corrected chi connectivity index (χ0v) is 11.3. The zero-order chi connectivity index (χ0) is 12.4. The van der Waals surface area contributed by atoms with Crippen LogP contribution in [0.25, 0.3) is 0 Å². The quantitative estimate of drug-likeness (QED) is 0.848. The minimum Gasteiger partial charge on any atom is -0.506 e. The van der Waals surface area contributed by atoms with E-state index < -0.39 is 0 Å². The lowest BCUT2D eigenvalue weighted by atomic mass is 9.89. The number of phenolic OH excluding ortho intramolecular Hbond substituents is 1. The first kappa shape index (κ1) is 12.7. The summed E-state index contributed by atoms with van der Waals surface area (Å²) in [5, 5.41) is 14.1. The topological polar surface area (TPSA) is 32.3 Å². The molecule has 1 unspecified atom stereocenters. The number of benzene rings is 1. The Kier molecular flexibility index (Phi) is 3.95. The molecule has 0 aromatic heterocycles. The fourth-order valence-corrected chi connectivity index (χ4v) is 2.79. The number of piperidine rings is 1. The van der Waals surface area contributed by atoms with Crippen molar-refractivity contribution in [2.24, 2.45) is 5.92 Å². The van der Waals surface area contributed by atoms with Gasteiger partial charge in [-0.25, -0.2) is 0 Å². The van der Waals surface area contributed by atoms with E-state index in [1.807, 2.05) is 6.92 Å². The predicted molar refractivity (Wildman–Crippen MR) is 71.9 cm³/mol. The molecule has 0 saturated carbocycles. The first-order valence-electron chi connectivity index (χ1n) is 6.28. The second kappa shape index (κ2) is 5.28. The van der Waals surface area contributed by atoms with Crippen LogP contribution in [-0.2, 0) is 6.42 Å². The number of hydrogen-bond acceptors (Lipinski definition) is 2. The van der Waals surface area contributed by atoms with Crippen LogP contribution in [0.2, 0.25) is 5.02 Å². The van der Waals surface area contributed by atoms with Gasteiger partial charge < -0.3 is 10.4 Å². The molecule has 2 nitrogen and oxygen atoms in total. The van der Waals surface area contributed by atoms with Crippen LogP contribution in [0, 0.1) is 19.8 Å². The van der Waals surface area contributed by atoms with Crippen LogP contribution in [0.1, 0.15) is 29.5 Å². The molecule has 1 aliphatic heterocycles. The highest BCUT2D eigenvalue weighted by molar-refractivity contribution is 6.32. The van der Waals surface area contributed by atoms with Crippen molar-refractivity contribution in [2.45, 2.75) is 33.1 Å². The molecule has 0 spiro atoms. The molecule has 1 aromatic rings. The molecule has 1 saturated heterocycles. The molecule has 0 radical (unpaired) electrons. The van der Waals surface area contributed by atoms with Crippen molar-refractivity contribution in [3.8, 4) is 5.75 Å². The van der Waals surface area contributed by atoms with E-state index in [0.29, 0.717) is 10.9 Å². The summed E-state index contributed by atoms with van der Waals surface area (Å²) < 4.78 is 0. The number of aromatic hydroxyl groups is 1. The number of rotatable bonds is 2. The van der Waals surface area contributed by atoms with Crippen LogP contribution in [0.5, 0.6) is 5.75 Å². The van der Waals surface area contributed by atoms with Gasteiger partial charge in [-0.1, -0.05) is 17.7 Å². The zero-order valence-electron chi connectivity index (χ0n) is 10.5. The predicted octanol–water partition coefficient (Wildman–Crippen LogP) is 3.20. The van der Waals surface area contributed by atoms with Gasteiger partial charge in [0.05, 0.1) is 5.02 Å². The van der Waals surface area contributed by atoms with Crippen molar-refractivity contribution < 1.29 is 5.11 Å². The molecule has 94 valence electrons. The van der Waals surface area contributed by atoms with Gasteiger partial charge in [-0.05, 0) is 68.8 Å². The van der Waals surface area contributed by atoms with Crippen molar-refractivity contribution in [3.05, 3.63) is 27.8 Å². The van der Waals surface area contributed by atoms with E-state index in [-0.39, 0.29) is 5.75 Å². The lowest BCUT2D eigenvalue weighted by Crippen LogP contribution is -2.31. The van der Waals surface area contributed by atoms with Gasteiger partial charge in [-0.15, -0.1) is 0 Å². The van der Waals surface area contributed by atoms with E-state index in [0.717, 1.165) is 36.2 Å². The van der Waals surface area contributed by atoms with E-state index in [1.165, 1.54) is 12.8 Å². The normalized spacial score (nSPS) is 20.5. The molecule has 2 rings (SSSR count). The molecule has 1 atom stereocenters. The molecule has 0 aliphatic carbocycles. The van der Waals surface area contributed by atoms with Gasteiger partial charge in [0.1, 0.15) is 5.75 Å². The maximum atomic E-state index is 10.1. The Morgan fingerprint density at radius 1 is 1.41 bits per heavy atom. The van der Waals surface area contributed by atoms with Crippen molar-refractivity contribution in [3.63, 3.8) is 0 Å². The first-order valence-corrected chi connectivity index (χ1v) is 6.65. The van der Waals surface area contributed by atoms with Crippen LogP contribution >= 0.6 is 11.6 Å². The molecular formula is C14H20ClNO. The summed E-state index contributed by atoms with van der Waals surface area (Å²) in [6.45, 7) is 6.15. The Bertz CT molecular complexity index is 411. The molecule has 1 aliphatic rings. The summed E-state index contributed by atoms with van der Waals surface area (Å²) >= 11 is 6.11. The standard InChI is InChI=1S/C14H20ClNO/c1-9-6-10(2)13(15)14(17)12(9)7-11-4-3-5-16-8-11/h6,11,16-17H,3-5,7-8H2,1-2H3. The molecule has 2 N–H and O–H groups in total. The maximum absolute atomic E-state index is 10.1. The number of halogens is 1. The third kappa shape index (κ3) is 2.75. The summed E-state index contributed by atoms with van der Waals surface area (Å²) in [5.41, 5.74) is 3.12. The minimum absolute atomic E-state index is 0.287. The fourth-order valence-electron chi connectivity index (χ4n) is 2.63. The van der Waals surface area contributed by atoms with Gasteiger partial charge in [0, 0.05) is 0 Å². The summed E-state index contributed by atoms with van der Waals surface area (Å²) in [4.78, 5) is 0. The summed E-state index contributed by atoms with van der Waals surface area (Å²) in [6.07, 6.45) is 3.38. The smallest absolute Gasteiger partial charge is 0.137 e. The fraction of sp³-hybridized carbons (Fsp3) is 0.571. The van der Waals surface area contributed by atoms with Crippen LogP contribution in [0.3, 0.4) is 0 Å². The van der Waals surface area contributed by atoms with Crippen LogP contribution in [-0.4, -0.2) is 18.2 Å². The number of nitrogens with one attached hydrogen (secondary N) is 1. The highest BCUT2D eigenvalue weighted by Crippen LogP contribution is 2.35. The van der Waals surface area contributed by atoms with E-state index in [1.54, 1.807) is 0 Å². The molecule has 0 bridgehead atoms. The van der Waals surface area contributed by atoms with Gasteiger partial charge in [0.2, 0.25) is 0 Å². The van der Waals surface area contributed by atoms with Crippen LogP contribution in [0.15, 0.2) is 6.07 Å². The van der Waals surface area contributed by atoms with E-state index in [4.69, 9.17) is 11.6 Å². The van der Waals surface area contributed by atoms with Gasteiger partial charge in [-0.2, -0.15) is 0 Å². The molecule has 1 heterocycles. The van der Waals surface area contributed by atoms with Gasteiger partial charge in [0.25, 0.3) is 0 Å². The van der Waals surface area contributed by atoms with Crippen LogP contribution < -0.4 is 5.32 Å². The Morgan fingerprint density at radius 3 is 2.82 bits per heavy atom. The van der Waals surface area contributed by atoms with Gasteiger partial charge >= 0.3 is 0 Å². The highest BCUT2D eigenvalue weighted by Gasteiger charge is 2.18. The molecule has 1 fully saturated rings. The van der Waals surface area contributed by atoms with E-state index in [9.17, 15) is 5.11 Å². The molecule has 1 aromatic carbocycles. The monoisotopic (exact) mass is 253 g/mol. The summed E-state index contributed by atoms with van der Waals surface area (Å²) in [5.74, 6) is 0.905. The van der Waals surface area contributed by atoms with Gasteiger partial charge in [-0.3, -0.25) is 0 Å². The second-order valence-electron chi connectivity index (χ2n) is 5.07.